The average Bonchev–Trinajstić information content (AvgIpc) is 2.35. The van der Waals surface area contributed by atoms with E-state index in [4.69, 9.17) is 4.74 Å². The van der Waals surface area contributed by atoms with Crippen LogP contribution in [0.4, 0.5) is 0 Å². The van der Waals surface area contributed by atoms with Crippen LogP contribution >= 0.6 is 11.8 Å². The van der Waals surface area contributed by atoms with Gasteiger partial charge in [-0.25, -0.2) is 0 Å². The summed E-state index contributed by atoms with van der Waals surface area (Å²) < 4.78 is 5.72. The lowest BCUT2D eigenvalue weighted by Gasteiger charge is -2.17. The smallest absolute Gasteiger partial charge is 0.257 e. The van der Waals surface area contributed by atoms with E-state index in [9.17, 15) is 4.79 Å². The third-order valence-corrected chi connectivity index (χ3v) is 4.08. The highest BCUT2D eigenvalue weighted by Crippen LogP contribution is 2.22. The molecular formula is C16H25NO2S. The number of benzene rings is 1. The maximum absolute atomic E-state index is 11.6. The highest BCUT2D eigenvalue weighted by molar-refractivity contribution is 8.00. The summed E-state index contributed by atoms with van der Waals surface area (Å²) in [5, 5.41) is 2.87. The van der Waals surface area contributed by atoms with Gasteiger partial charge in [-0.1, -0.05) is 26.8 Å². The first-order chi connectivity index (χ1) is 9.28. The predicted molar refractivity (Wildman–Crippen MR) is 86.6 cm³/mol. The standard InChI is InChI=1S/C16H25NO2S/c1-12-6-7-14(10-13(12)2)19-11-15(18)17-8-9-20-16(3,4)5/h6-7,10H,8-9,11H2,1-5H3,(H,17,18). The number of hydrogen-bond donors (Lipinski definition) is 1. The van der Waals surface area contributed by atoms with E-state index in [1.165, 1.54) is 11.1 Å². The summed E-state index contributed by atoms with van der Waals surface area (Å²) in [6, 6.07) is 5.85. The Balaban J connectivity index is 2.24. The molecule has 0 aliphatic carbocycles. The maximum atomic E-state index is 11.6. The van der Waals surface area contributed by atoms with Gasteiger partial charge < -0.3 is 10.1 Å². The van der Waals surface area contributed by atoms with Gasteiger partial charge in [-0.2, -0.15) is 11.8 Å². The lowest BCUT2D eigenvalue weighted by molar-refractivity contribution is -0.122. The molecule has 0 saturated heterocycles. The molecule has 1 N–H and O–H groups in total. The van der Waals surface area contributed by atoms with Gasteiger partial charge in [0.25, 0.3) is 5.91 Å². The molecule has 1 aromatic rings. The molecule has 0 unspecified atom stereocenters. The van der Waals surface area contributed by atoms with E-state index in [0.717, 1.165) is 11.5 Å². The lowest BCUT2D eigenvalue weighted by Crippen LogP contribution is -2.31. The van der Waals surface area contributed by atoms with Crippen LogP contribution in [0.25, 0.3) is 0 Å². The van der Waals surface area contributed by atoms with Crippen LogP contribution in [0.15, 0.2) is 18.2 Å². The van der Waals surface area contributed by atoms with Crippen molar-refractivity contribution in [2.24, 2.45) is 0 Å². The van der Waals surface area contributed by atoms with Gasteiger partial charge in [0, 0.05) is 17.0 Å². The molecule has 0 bridgehead atoms. The van der Waals surface area contributed by atoms with Crippen molar-refractivity contribution in [3.05, 3.63) is 29.3 Å². The summed E-state index contributed by atoms with van der Waals surface area (Å²) in [7, 11) is 0. The van der Waals surface area contributed by atoms with E-state index in [2.05, 4.69) is 33.0 Å². The van der Waals surface area contributed by atoms with E-state index in [-0.39, 0.29) is 17.3 Å². The zero-order valence-corrected chi connectivity index (χ0v) is 13.9. The highest BCUT2D eigenvalue weighted by Gasteiger charge is 2.10. The van der Waals surface area contributed by atoms with E-state index in [1.54, 1.807) is 0 Å². The molecular weight excluding hydrogens is 270 g/mol. The van der Waals surface area contributed by atoms with Crippen LogP contribution in [0.2, 0.25) is 0 Å². The van der Waals surface area contributed by atoms with Crippen LogP contribution in [0.3, 0.4) is 0 Å². The summed E-state index contributed by atoms with van der Waals surface area (Å²) in [5.74, 6) is 1.59. The van der Waals surface area contributed by atoms with Crippen LogP contribution in [-0.2, 0) is 4.79 Å². The number of rotatable bonds is 6. The van der Waals surface area contributed by atoms with Crippen molar-refractivity contribution >= 4 is 17.7 Å². The Hall–Kier alpha value is -1.16. The molecule has 1 aromatic carbocycles. The fraction of sp³-hybridized carbons (Fsp3) is 0.562. The van der Waals surface area contributed by atoms with Crippen molar-refractivity contribution in [2.75, 3.05) is 18.9 Å². The summed E-state index contributed by atoms with van der Waals surface area (Å²) in [6.07, 6.45) is 0. The molecule has 1 amide bonds. The van der Waals surface area contributed by atoms with Gasteiger partial charge in [0.1, 0.15) is 5.75 Å². The molecule has 0 heterocycles. The van der Waals surface area contributed by atoms with Gasteiger partial charge in [0.15, 0.2) is 6.61 Å². The number of nitrogens with one attached hydrogen (secondary N) is 1. The number of carbonyl (C=O) groups excluding carboxylic acids is 1. The van der Waals surface area contributed by atoms with Gasteiger partial charge in [-0.05, 0) is 37.1 Å². The lowest BCUT2D eigenvalue weighted by atomic mass is 10.1. The van der Waals surface area contributed by atoms with E-state index in [1.807, 2.05) is 36.9 Å². The van der Waals surface area contributed by atoms with E-state index >= 15 is 0 Å². The summed E-state index contributed by atoms with van der Waals surface area (Å²) in [6.45, 7) is 11.3. The highest BCUT2D eigenvalue weighted by atomic mass is 32.2. The number of ether oxygens (including phenoxy) is 1. The van der Waals surface area contributed by atoms with E-state index in [0.29, 0.717) is 6.54 Å². The van der Waals surface area contributed by atoms with Crippen LogP contribution in [0, 0.1) is 13.8 Å². The Kier molecular flexibility index (Phi) is 6.40. The molecule has 4 heteroatoms. The van der Waals surface area contributed by atoms with Crippen molar-refractivity contribution in [1.29, 1.82) is 0 Å². The van der Waals surface area contributed by atoms with E-state index < -0.39 is 0 Å². The zero-order chi connectivity index (χ0) is 15.2. The Morgan fingerprint density at radius 1 is 1.25 bits per heavy atom. The van der Waals surface area contributed by atoms with Crippen LogP contribution in [0.5, 0.6) is 5.75 Å². The fourth-order valence-corrected chi connectivity index (χ4v) is 2.37. The molecule has 0 fully saturated rings. The topological polar surface area (TPSA) is 38.3 Å². The molecule has 0 aliphatic rings. The SMILES string of the molecule is Cc1ccc(OCC(=O)NCCSC(C)(C)C)cc1C. The summed E-state index contributed by atoms with van der Waals surface area (Å²) >= 11 is 1.84. The Morgan fingerprint density at radius 2 is 1.95 bits per heavy atom. The number of thioether (sulfide) groups is 1. The fourth-order valence-electron chi connectivity index (χ4n) is 1.55. The number of amides is 1. The van der Waals surface area contributed by atoms with Crippen LogP contribution < -0.4 is 10.1 Å². The first-order valence-corrected chi connectivity index (χ1v) is 7.87. The van der Waals surface area contributed by atoms with Gasteiger partial charge in [-0.3, -0.25) is 4.79 Å². The largest absolute Gasteiger partial charge is 0.484 e. The van der Waals surface area contributed by atoms with Crippen molar-refractivity contribution in [3.63, 3.8) is 0 Å². The first-order valence-electron chi connectivity index (χ1n) is 6.88. The van der Waals surface area contributed by atoms with Crippen LogP contribution in [0.1, 0.15) is 31.9 Å². The molecule has 0 spiro atoms. The first kappa shape index (κ1) is 16.9. The van der Waals surface area contributed by atoms with Crippen molar-refractivity contribution in [2.45, 2.75) is 39.4 Å². The minimum atomic E-state index is -0.0715. The predicted octanol–water partition coefficient (Wildman–Crippen LogP) is 3.33. The molecule has 1 rings (SSSR count). The number of hydrogen-bond acceptors (Lipinski definition) is 3. The van der Waals surface area contributed by atoms with Crippen molar-refractivity contribution in [3.8, 4) is 5.75 Å². The van der Waals surface area contributed by atoms with Crippen LogP contribution in [-0.4, -0.2) is 29.6 Å². The Bertz CT molecular complexity index is 452. The summed E-state index contributed by atoms with van der Waals surface area (Å²) in [5.41, 5.74) is 2.39. The second-order valence-corrected chi connectivity index (χ2v) is 7.77. The molecule has 3 nitrogen and oxygen atoms in total. The molecule has 112 valence electrons. The minimum Gasteiger partial charge on any atom is -0.484 e. The van der Waals surface area contributed by atoms with Gasteiger partial charge in [0.05, 0.1) is 0 Å². The molecule has 0 saturated carbocycles. The zero-order valence-electron chi connectivity index (χ0n) is 13.1. The number of carbonyl (C=O) groups is 1. The molecule has 0 aromatic heterocycles. The monoisotopic (exact) mass is 295 g/mol. The molecule has 0 atom stereocenters. The second-order valence-electron chi connectivity index (χ2n) is 5.85. The molecule has 0 radical (unpaired) electrons. The molecule has 20 heavy (non-hydrogen) atoms. The second kappa shape index (κ2) is 7.58. The normalized spacial score (nSPS) is 11.2. The minimum absolute atomic E-state index is 0.0715. The number of aryl methyl sites for hydroxylation is 2. The maximum Gasteiger partial charge on any atom is 0.257 e. The summed E-state index contributed by atoms with van der Waals surface area (Å²) in [4.78, 5) is 11.6. The third-order valence-electron chi connectivity index (χ3n) is 2.81. The Labute approximate surface area is 126 Å². The average molecular weight is 295 g/mol. The van der Waals surface area contributed by atoms with Crippen molar-refractivity contribution < 1.29 is 9.53 Å². The van der Waals surface area contributed by atoms with Gasteiger partial charge in [-0.15, -0.1) is 0 Å². The molecule has 0 aliphatic heterocycles. The Morgan fingerprint density at radius 3 is 2.55 bits per heavy atom. The van der Waals surface area contributed by atoms with Gasteiger partial charge in [0.2, 0.25) is 0 Å². The quantitative estimate of drug-likeness (QED) is 0.818. The van der Waals surface area contributed by atoms with Crippen molar-refractivity contribution in [1.82, 2.24) is 5.32 Å². The van der Waals surface area contributed by atoms with Gasteiger partial charge >= 0.3 is 0 Å². The third kappa shape index (κ3) is 6.85.